The van der Waals surface area contributed by atoms with Crippen molar-refractivity contribution in [3.05, 3.63) is 63.2 Å². The number of nitro groups is 1. The van der Waals surface area contributed by atoms with Crippen LogP contribution in [-0.4, -0.2) is 37.5 Å². The molecule has 0 aromatic heterocycles. The van der Waals surface area contributed by atoms with Crippen molar-refractivity contribution >= 4 is 17.4 Å². The van der Waals surface area contributed by atoms with Crippen molar-refractivity contribution in [2.24, 2.45) is 0 Å². The third-order valence-electron chi connectivity index (χ3n) is 3.68. The zero-order valence-corrected chi connectivity index (χ0v) is 14.5. The molecule has 2 rings (SSSR count). The van der Waals surface area contributed by atoms with E-state index in [4.69, 9.17) is 14.2 Å². The van der Waals surface area contributed by atoms with E-state index in [2.05, 4.69) is 0 Å². The third kappa shape index (κ3) is 4.15. The van der Waals surface area contributed by atoms with Gasteiger partial charge in [0.1, 0.15) is 11.5 Å². The number of nitrogens with zero attached hydrogens (tertiary/aromatic N) is 1. The predicted octanol–water partition coefficient (Wildman–Crippen LogP) is 2.96. The summed E-state index contributed by atoms with van der Waals surface area (Å²) in [6.07, 6.45) is 0. The standard InChI is InChI=1S/C18H17NO7/c1-11-4-5-12(8-15(11)19(22)23)18(21)26-10-16(20)14-7-6-13(24-2)9-17(14)25-3/h4-9H,10H2,1-3H3. The van der Waals surface area contributed by atoms with Crippen LogP contribution in [0.15, 0.2) is 36.4 Å². The molecule has 0 fully saturated rings. The molecule has 0 aliphatic rings. The number of Topliss-reactive ketones (excluding diaryl/α,β-unsaturated/α-hetero) is 1. The number of ketones is 1. The topological polar surface area (TPSA) is 105 Å². The molecule has 0 N–H and O–H groups in total. The first-order valence-electron chi connectivity index (χ1n) is 7.54. The monoisotopic (exact) mass is 359 g/mol. The minimum atomic E-state index is -0.825. The molecular formula is C18H17NO7. The predicted molar refractivity (Wildman–Crippen MR) is 92.0 cm³/mol. The number of methoxy groups -OCH3 is 2. The van der Waals surface area contributed by atoms with Crippen molar-refractivity contribution in [2.45, 2.75) is 6.92 Å². The smallest absolute Gasteiger partial charge is 0.338 e. The molecule has 0 heterocycles. The lowest BCUT2D eigenvalue weighted by Crippen LogP contribution is -2.15. The summed E-state index contributed by atoms with van der Waals surface area (Å²) in [5, 5.41) is 10.9. The highest BCUT2D eigenvalue weighted by Gasteiger charge is 2.19. The minimum absolute atomic E-state index is 0.00297. The van der Waals surface area contributed by atoms with Gasteiger partial charge >= 0.3 is 5.97 Å². The van der Waals surface area contributed by atoms with Gasteiger partial charge in [0.15, 0.2) is 6.61 Å². The van der Waals surface area contributed by atoms with Crippen molar-refractivity contribution in [1.29, 1.82) is 0 Å². The van der Waals surface area contributed by atoms with Crippen LogP contribution in [0.25, 0.3) is 0 Å². The summed E-state index contributed by atoms with van der Waals surface area (Å²) in [5.74, 6) is -0.493. The summed E-state index contributed by atoms with van der Waals surface area (Å²) in [6.45, 7) is 1.04. The summed E-state index contributed by atoms with van der Waals surface area (Å²) < 4.78 is 15.2. The van der Waals surface area contributed by atoms with Gasteiger partial charge in [-0.3, -0.25) is 14.9 Å². The molecule has 8 heteroatoms. The van der Waals surface area contributed by atoms with E-state index in [1.54, 1.807) is 19.1 Å². The number of hydrogen-bond acceptors (Lipinski definition) is 7. The van der Waals surface area contributed by atoms with Crippen molar-refractivity contribution in [3.63, 3.8) is 0 Å². The molecule has 0 atom stereocenters. The molecule has 0 radical (unpaired) electrons. The second-order valence-corrected chi connectivity index (χ2v) is 5.32. The molecule has 0 aliphatic carbocycles. The molecule has 0 saturated carbocycles. The van der Waals surface area contributed by atoms with Crippen molar-refractivity contribution < 1.29 is 28.7 Å². The lowest BCUT2D eigenvalue weighted by atomic mass is 10.1. The zero-order chi connectivity index (χ0) is 19.3. The van der Waals surface area contributed by atoms with Crippen LogP contribution in [0.2, 0.25) is 0 Å². The molecule has 8 nitrogen and oxygen atoms in total. The Morgan fingerprint density at radius 1 is 1.08 bits per heavy atom. The highest BCUT2D eigenvalue weighted by atomic mass is 16.6. The van der Waals surface area contributed by atoms with Gasteiger partial charge in [-0.05, 0) is 25.1 Å². The number of ether oxygens (including phenoxy) is 3. The molecule has 0 spiro atoms. The fourth-order valence-electron chi connectivity index (χ4n) is 2.25. The summed E-state index contributed by atoms with van der Waals surface area (Å²) in [6, 6.07) is 8.60. The number of carbonyl (C=O) groups is 2. The maximum atomic E-state index is 12.3. The first-order valence-corrected chi connectivity index (χ1v) is 7.54. The van der Waals surface area contributed by atoms with Crippen LogP contribution in [0.4, 0.5) is 5.69 Å². The average Bonchev–Trinajstić information content (AvgIpc) is 2.65. The van der Waals surface area contributed by atoms with Gasteiger partial charge in [-0.1, -0.05) is 6.07 Å². The van der Waals surface area contributed by atoms with Crippen LogP contribution in [0.1, 0.15) is 26.3 Å². The Bertz CT molecular complexity index is 861. The Balaban J connectivity index is 2.11. The molecule has 26 heavy (non-hydrogen) atoms. The number of carbonyl (C=O) groups excluding carboxylic acids is 2. The Kier molecular flexibility index (Phi) is 5.90. The third-order valence-corrected chi connectivity index (χ3v) is 3.68. The maximum Gasteiger partial charge on any atom is 0.338 e. The lowest BCUT2D eigenvalue weighted by molar-refractivity contribution is -0.385. The van der Waals surface area contributed by atoms with Crippen LogP contribution in [0, 0.1) is 17.0 Å². The van der Waals surface area contributed by atoms with E-state index in [0.29, 0.717) is 11.3 Å². The Hall–Kier alpha value is -3.42. The maximum absolute atomic E-state index is 12.3. The number of hydrogen-bond donors (Lipinski definition) is 0. The second-order valence-electron chi connectivity index (χ2n) is 5.32. The fraction of sp³-hybridized carbons (Fsp3) is 0.222. The van der Waals surface area contributed by atoms with E-state index in [-0.39, 0.29) is 22.6 Å². The van der Waals surface area contributed by atoms with Crippen LogP contribution in [0.5, 0.6) is 11.5 Å². The number of rotatable bonds is 7. The van der Waals surface area contributed by atoms with Crippen LogP contribution >= 0.6 is 0 Å². The molecule has 0 amide bonds. The Morgan fingerprint density at radius 3 is 2.42 bits per heavy atom. The molecular weight excluding hydrogens is 342 g/mol. The van der Waals surface area contributed by atoms with Crippen LogP contribution in [-0.2, 0) is 4.74 Å². The first-order chi connectivity index (χ1) is 12.4. The SMILES string of the molecule is COc1ccc(C(=O)COC(=O)c2ccc(C)c([N+](=O)[O-])c2)c(OC)c1. The molecule has 136 valence electrons. The highest BCUT2D eigenvalue weighted by molar-refractivity contribution is 6.01. The van der Waals surface area contributed by atoms with Crippen LogP contribution in [0.3, 0.4) is 0 Å². The normalized spacial score (nSPS) is 10.1. The molecule has 2 aromatic carbocycles. The molecule has 0 aliphatic heterocycles. The number of nitro benzene ring substituents is 1. The van der Waals surface area contributed by atoms with Gasteiger partial charge < -0.3 is 14.2 Å². The Labute approximate surface area is 149 Å². The van der Waals surface area contributed by atoms with Crippen molar-refractivity contribution in [3.8, 4) is 11.5 Å². The number of esters is 1. The van der Waals surface area contributed by atoms with Gasteiger partial charge in [0.2, 0.25) is 5.78 Å². The van der Waals surface area contributed by atoms with Crippen molar-refractivity contribution in [1.82, 2.24) is 0 Å². The van der Waals surface area contributed by atoms with Gasteiger partial charge in [0, 0.05) is 17.7 Å². The van der Waals surface area contributed by atoms with Gasteiger partial charge in [0.05, 0.1) is 30.3 Å². The largest absolute Gasteiger partial charge is 0.497 e. The molecule has 0 bridgehead atoms. The van der Waals surface area contributed by atoms with Gasteiger partial charge in [-0.25, -0.2) is 4.79 Å². The number of benzene rings is 2. The quantitative estimate of drug-likeness (QED) is 0.324. The molecule has 0 saturated heterocycles. The molecule has 2 aromatic rings. The number of aryl methyl sites for hydroxylation is 1. The minimum Gasteiger partial charge on any atom is -0.497 e. The summed E-state index contributed by atoms with van der Waals surface area (Å²) in [7, 11) is 2.89. The van der Waals surface area contributed by atoms with E-state index >= 15 is 0 Å². The summed E-state index contributed by atoms with van der Waals surface area (Å²) in [4.78, 5) is 34.7. The Morgan fingerprint density at radius 2 is 1.81 bits per heavy atom. The second kappa shape index (κ2) is 8.11. The summed E-state index contributed by atoms with van der Waals surface area (Å²) >= 11 is 0. The van der Waals surface area contributed by atoms with Gasteiger partial charge in [-0.15, -0.1) is 0 Å². The van der Waals surface area contributed by atoms with E-state index < -0.39 is 23.3 Å². The first kappa shape index (κ1) is 18.9. The lowest BCUT2D eigenvalue weighted by Gasteiger charge is -2.10. The van der Waals surface area contributed by atoms with Crippen LogP contribution < -0.4 is 9.47 Å². The fourth-order valence-corrected chi connectivity index (χ4v) is 2.25. The van der Waals surface area contributed by atoms with Gasteiger partial charge in [0.25, 0.3) is 5.69 Å². The van der Waals surface area contributed by atoms with E-state index in [1.165, 1.54) is 32.4 Å². The van der Waals surface area contributed by atoms with E-state index in [9.17, 15) is 19.7 Å². The van der Waals surface area contributed by atoms with E-state index in [1.807, 2.05) is 0 Å². The van der Waals surface area contributed by atoms with E-state index in [0.717, 1.165) is 6.07 Å². The van der Waals surface area contributed by atoms with Crippen molar-refractivity contribution in [2.75, 3.05) is 20.8 Å². The summed E-state index contributed by atoms with van der Waals surface area (Å²) in [5.41, 5.74) is 0.459. The average molecular weight is 359 g/mol. The molecule has 0 unspecified atom stereocenters. The highest BCUT2D eigenvalue weighted by Crippen LogP contribution is 2.25. The van der Waals surface area contributed by atoms with Gasteiger partial charge in [-0.2, -0.15) is 0 Å². The zero-order valence-electron chi connectivity index (χ0n) is 14.5.